The first-order valence-electron chi connectivity index (χ1n) is 11.0. The van der Waals surface area contributed by atoms with Gasteiger partial charge >= 0.3 is 0 Å². The monoisotopic (exact) mass is 485 g/mol. The van der Waals surface area contributed by atoms with Gasteiger partial charge in [0.1, 0.15) is 34.4 Å². The number of pyridine rings is 1. The Morgan fingerprint density at radius 3 is 2.25 bits per heavy atom. The summed E-state index contributed by atoms with van der Waals surface area (Å²) < 4.78 is 12.1. The van der Waals surface area contributed by atoms with Gasteiger partial charge in [-0.1, -0.05) is 0 Å². The number of ether oxygens (including phenoxy) is 2. The predicted octanol–water partition coefficient (Wildman–Crippen LogP) is 2.08. The van der Waals surface area contributed by atoms with Crippen LogP contribution in [0.5, 0.6) is 11.5 Å². The Bertz CT molecular complexity index is 1560. The van der Waals surface area contributed by atoms with E-state index in [1.807, 2.05) is 6.07 Å². The maximum Gasteiger partial charge on any atom is 0.276 e. The molecule has 4 aromatic rings. The Morgan fingerprint density at radius 2 is 1.56 bits per heavy atom. The highest BCUT2D eigenvalue weighted by atomic mass is 16.5. The van der Waals surface area contributed by atoms with Crippen LogP contribution >= 0.6 is 0 Å². The topological polar surface area (TPSA) is 138 Å². The molecule has 5 rings (SSSR count). The first kappa shape index (κ1) is 23.0. The molecule has 0 bridgehead atoms. The van der Waals surface area contributed by atoms with Crippen LogP contribution in [0.25, 0.3) is 33.9 Å². The lowest BCUT2D eigenvalue weighted by molar-refractivity contribution is -0.117. The quantitative estimate of drug-likeness (QED) is 0.450. The third-order valence-corrected chi connectivity index (χ3v) is 6.01. The number of nitrogens with two attached hydrogens (primary N) is 1. The fourth-order valence-corrected chi connectivity index (χ4v) is 4.05. The Labute approximate surface area is 206 Å². The number of benzene rings is 1. The van der Waals surface area contributed by atoms with Crippen LogP contribution in [0.2, 0.25) is 0 Å². The second kappa shape index (κ2) is 8.77. The van der Waals surface area contributed by atoms with Gasteiger partial charge in [-0.3, -0.25) is 14.5 Å². The predicted molar refractivity (Wildman–Crippen MR) is 134 cm³/mol. The number of anilines is 2. The van der Waals surface area contributed by atoms with E-state index in [0.717, 1.165) is 5.56 Å². The average molecular weight is 486 g/mol. The van der Waals surface area contributed by atoms with Gasteiger partial charge in [-0.2, -0.15) is 0 Å². The van der Waals surface area contributed by atoms with Crippen molar-refractivity contribution < 1.29 is 14.3 Å². The summed E-state index contributed by atoms with van der Waals surface area (Å²) >= 11 is 0. The number of aromatic nitrogens is 5. The van der Waals surface area contributed by atoms with Crippen LogP contribution in [0.1, 0.15) is 5.56 Å². The van der Waals surface area contributed by atoms with Gasteiger partial charge in [0.15, 0.2) is 5.82 Å². The van der Waals surface area contributed by atoms with Gasteiger partial charge in [-0.05, 0) is 18.2 Å². The van der Waals surface area contributed by atoms with Crippen molar-refractivity contribution in [1.29, 1.82) is 0 Å². The van der Waals surface area contributed by atoms with Gasteiger partial charge in [-0.15, -0.1) is 0 Å². The molecule has 36 heavy (non-hydrogen) atoms. The molecular weight excluding hydrogens is 462 g/mol. The van der Waals surface area contributed by atoms with E-state index >= 15 is 0 Å². The molecule has 1 aliphatic heterocycles. The molecule has 0 saturated carbocycles. The Kier molecular flexibility index (Phi) is 5.59. The van der Waals surface area contributed by atoms with E-state index in [-0.39, 0.29) is 29.4 Å². The zero-order valence-corrected chi connectivity index (χ0v) is 20.1. The number of carbonyl (C=O) groups excluding carboxylic acids is 1. The molecule has 0 aliphatic carbocycles. The maximum absolute atomic E-state index is 13.0. The molecule has 0 atom stereocenters. The minimum absolute atomic E-state index is 0.0187. The zero-order valence-electron chi connectivity index (χ0n) is 20.1. The normalized spacial score (nSPS) is 12.6. The number of aryl methyl sites for hydroxylation is 1. The smallest absolute Gasteiger partial charge is 0.276 e. The van der Waals surface area contributed by atoms with E-state index in [1.54, 1.807) is 50.9 Å². The fraction of sp³-hybridized carbons (Fsp3) is 0.200. The summed E-state index contributed by atoms with van der Waals surface area (Å²) in [6.45, 7) is 0. The van der Waals surface area contributed by atoms with Crippen molar-refractivity contribution in [2.45, 2.75) is 6.42 Å². The molecule has 4 heterocycles. The van der Waals surface area contributed by atoms with Crippen LogP contribution in [0.4, 0.5) is 11.6 Å². The molecule has 0 fully saturated rings. The van der Waals surface area contributed by atoms with Gasteiger partial charge in [0.25, 0.3) is 5.56 Å². The number of nitrogen functional groups attached to an aromatic ring is 1. The van der Waals surface area contributed by atoms with Crippen molar-refractivity contribution in [3.8, 4) is 45.4 Å². The third kappa shape index (κ3) is 3.90. The summed E-state index contributed by atoms with van der Waals surface area (Å²) in [6, 6.07) is 6.99. The standard InChI is InChI=1S/C25H23N7O4/c1-31-12-19(30-21(25(31)34)13-6-16(35-3)9-17(7-13)36-4)22-23(26)27-11-18(29-22)15-5-14-8-20(33)32(2)24(14)28-10-15/h5-7,9-12H,8H2,1-4H3,(H2,26,27). The molecule has 1 amide bonds. The highest BCUT2D eigenvalue weighted by molar-refractivity contribution is 6.00. The van der Waals surface area contributed by atoms with E-state index in [0.29, 0.717) is 45.5 Å². The van der Waals surface area contributed by atoms with Gasteiger partial charge in [0, 0.05) is 49.2 Å². The van der Waals surface area contributed by atoms with E-state index in [9.17, 15) is 9.59 Å². The van der Waals surface area contributed by atoms with Crippen molar-refractivity contribution in [2.24, 2.45) is 7.05 Å². The number of methoxy groups -OCH3 is 2. The molecule has 1 aromatic carbocycles. The number of carbonyl (C=O) groups is 1. The van der Waals surface area contributed by atoms with Crippen LogP contribution in [0.15, 0.2) is 47.7 Å². The largest absolute Gasteiger partial charge is 0.497 e. The van der Waals surface area contributed by atoms with Crippen molar-refractivity contribution in [3.63, 3.8) is 0 Å². The van der Waals surface area contributed by atoms with Gasteiger partial charge in [0.05, 0.1) is 32.5 Å². The molecule has 2 N–H and O–H groups in total. The van der Waals surface area contributed by atoms with Crippen LogP contribution in [0, 0.1) is 0 Å². The molecule has 0 unspecified atom stereocenters. The number of amides is 1. The first-order chi connectivity index (χ1) is 17.3. The molecule has 11 heteroatoms. The fourth-order valence-electron chi connectivity index (χ4n) is 4.05. The lowest BCUT2D eigenvalue weighted by atomic mass is 10.1. The lowest BCUT2D eigenvalue weighted by Crippen LogP contribution is -2.21. The van der Waals surface area contributed by atoms with Crippen LogP contribution < -0.4 is 25.7 Å². The van der Waals surface area contributed by atoms with Crippen molar-refractivity contribution in [2.75, 3.05) is 31.9 Å². The molecular formula is C25H23N7O4. The summed E-state index contributed by atoms with van der Waals surface area (Å²) in [5, 5.41) is 0. The summed E-state index contributed by atoms with van der Waals surface area (Å²) in [6.07, 6.45) is 5.01. The minimum Gasteiger partial charge on any atom is -0.497 e. The van der Waals surface area contributed by atoms with Crippen LogP contribution in [-0.4, -0.2) is 51.7 Å². The van der Waals surface area contributed by atoms with Crippen LogP contribution in [-0.2, 0) is 18.3 Å². The molecule has 3 aromatic heterocycles. The number of likely N-dealkylation sites (N-methyl/N-ethyl adjacent to an activating group) is 1. The zero-order chi connectivity index (χ0) is 25.6. The second-order valence-electron chi connectivity index (χ2n) is 8.32. The highest BCUT2D eigenvalue weighted by Gasteiger charge is 2.26. The van der Waals surface area contributed by atoms with Gasteiger partial charge in [-0.25, -0.2) is 19.9 Å². The molecule has 1 aliphatic rings. The first-order valence-corrected chi connectivity index (χ1v) is 11.0. The molecule has 0 radical (unpaired) electrons. The summed E-state index contributed by atoms with van der Waals surface area (Å²) in [5.74, 6) is 1.81. The molecule has 11 nitrogen and oxygen atoms in total. The molecule has 182 valence electrons. The van der Waals surface area contributed by atoms with E-state index < -0.39 is 0 Å². The highest BCUT2D eigenvalue weighted by Crippen LogP contribution is 2.32. The molecule has 0 saturated heterocycles. The Balaban J connectivity index is 1.62. The van der Waals surface area contributed by atoms with Crippen molar-refractivity contribution >= 4 is 17.5 Å². The number of hydrogen-bond acceptors (Lipinski definition) is 9. The van der Waals surface area contributed by atoms with E-state index in [4.69, 9.17) is 20.2 Å². The average Bonchev–Trinajstić information content (AvgIpc) is 3.17. The van der Waals surface area contributed by atoms with E-state index in [2.05, 4.69) is 15.0 Å². The maximum atomic E-state index is 13.0. The number of fused-ring (bicyclic) bond motifs is 1. The minimum atomic E-state index is -0.312. The van der Waals surface area contributed by atoms with Gasteiger partial charge < -0.3 is 19.8 Å². The number of nitrogens with zero attached hydrogens (tertiary/aromatic N) is 6. The van der Waals surface area contributed by atoms with Crippen molar-refractivity contribution in [3.05, 3.63) is 58.8 Å². The summed E-state index contributed by atoms with van der Waals surface area (Å²) in [4.78, 5) is 44.6. The second-order valence-corrected chi connectivity index (χ2v) is 8.32. The van der Waals surface area contributed by atoms with E-state index in [1.165, 1.54) is 23.7 Å². The number of hydrogen-bond donors (Lipinski definition) is 1. The van der Waals surface area contributed by atoms with Crippen molar-refractivity contribution in [1.82, 2.24) is 24.5 Å². The SMILES string of the molecule is COc1cc(OC)cc(-c2nc(-c3nc(-c4cnc5c(c4)CC(=O)N5C)cnc3N)cn(C)c2=O)c1. The molecule has 0 spiro atoms. The summed E-state index contributed by atoms with van der Waals surface area (Å²) in [5.41, 5.74) is 9.27. The van der Waals surface area contributed by atoms with Gasteiger partial charge in [0.2, 0.25) is 5.91 Å². The third-order valence-electron chi connectivity index (χ3n) is 6.01. The Morgan fingerprint density at radius 1 is 0.861 bits per heavy atom. The van der Waals surface area contributed by atoms with Crippen LogP contribution in [0.3, 0.4) is 0 Å². The Hall–Kier alpha value is -4.80. The summed E-state index contributed by atoms with van der Waals surface area (Å²) in [7, 11) is 6.39. The lowest BCUT2D eigenvalue weighted by Gasteiger charge is -2.12. The number of rotatable bonds is 5.